The quantitative estimate of drug-likeness (QED) is 0.580. The molecule has 0 heterocycles. The van der Waals surface area contributed by atoms with E-state index in [0.717, 1.165) is 30.2 Å². The molecular formula is C18H19N3O5. The summed E-state index contributed by atoms with van der Waals surface area (Å²) in [4.78, 5) is 20.8. The number of rotatable bonds is 7. The van der Waals surface area contributed by atoms with E-state index >= 15 is 0 Å². The van der Waals surface area contributed by atoms with E-state index < -0.39 is 9.85 Å². The highest BCUT2D eigenvalue weighted by Gasteiger charge is 2.20. The maximum absolute atomic E-state index is 11.2. The number of non-ortho nitro benzene ring substituents is 1. The summed E-state index contributed by atoms with van der Waals surface area (Å²) in [5.74, 6) is 0.761. The molecule has 0 aliphatic heterocycles. The van der Waals surface area contributed by atoms with E-state index in [-0.39, 0.29) is 23.2 Å². The van der Waals surface area contributed by atoms with Crippen LogP contribution in [0, 0.1) is 20.2 Å². The molecule has 2 aromatic carbocycles. The standard InChI is InChI=1S/C18H19N3O5/c22-20(23)14-9-10-16(17(11-14)21(24)25)19-12-13-5-1-4-8-18(13)26-15-6-2-3-7-15/h1,4-5,8-11,15,19H,2-3,6-7,12H2. The van der Waals surface area contributed by atoms with Crippen molar-refractivity contribution < 1.29 is 14.6 Å². The molecule has 136 valence electrons. The summed E-state index contributed by atoms with van der Waals surface area (Å²) in [7, 11) is 0. The smallest absolute Gasteiger partial charge is 0.299 e. The van der Waals surface area contributed by atoms with Crippen LogP contribution in [0.25, 0.3) is 0 Å². The molecule has 0 atom stereocenters. The fraction of sp³-hybridized carbons (Fsp3) is 0.333. The fourth-order valence-electron chi connectivity index (χ4n) is 3.08. The molecular weight excluding hydrogens is 338 g/mol. The molecule has 3 rings (SSSR count). The van der Waals surface area contributed by atoms with Gasteiger partial charge in [-0.2, -0.15) is 0 Å². The zero-order chi connectivity index (χ0) is 18.5. The van der Waals surface area contributed by atoms with Crippen LogP contribution in [-0.4, -0.2) is 16.0 Å². The Labute approximate surface area is 150 Å². The molecule has 0 unspecified atom stereocenters. The maximum Gasteiger partial charge on any atom is 0.299 e. The van der Waals surface area contributed by atoms with Crippen LogP contribution in [0.5, 0.6) is 5.75 Å². The van der Waals surface area contributed by atoms with Crippen molar-refractivity contribution in [2.24, 2.45) is 0 Å². The predicted molar refractivity (Wildman–Crippen MR) is 96.4 cm³/mol. The van der Waals surface area contributed by atoms with Crippen LogP contribution in [0.4, 0.5) is 17.1 Å². The van der Waals surface area contributed by atoms with Crippen molar-refractivity contribution in [3.8, 4) is 5.75 Å². The molecule has 0 aromatic heterocycles. The van der Waals surface area contributed by atoms with Crippen LogP contribution in [0.3, 0.4) is 0 Å². The lowest BCUT2D eigenvalue weighted by Gasteiger charge is -2.17. The molecule has 26 heavy (non-hydrogen) atoms. The molecule has 0 saturated heterocycles. The molecule has 1 aliphatic carbocycles. The monoisotopic (exact) mass is 357 g/mol. The molecule has 0 spiro atoms. The minimum Gasteiger partial charge on any atom is -0.490 e. The summed E-state index contributed by atoms with van der Waals surface area (Å²) in [6.07, 6.45) is 4.62. The van der Waals surface area contributed by atoms with E-state index in [2.05, 4.69) is 5.32 Å². The van der Waals surface area contributed by atoms with Crippen LogP contribution >= 0.6 is 0 Å². The number of nitro benzene ring substituents is 2. The molecule has 0 amide bonds. The van der Waals surface area contributed by atoms with Gasteiger partial charge in [-0.25, -0.2) is 0 Å². The Morgan fingerprint density at radius 1 is 1.04 bits per heavy atom. The first kappa shape index (κ1) is 17.7. The zero-order valence-corrected chi connectivity index (χ0v) is 14.1. The third-order valence-electron chi connectivity index (χ3n) is 4.43. The Hall–Kier alpha value is -3.16. The van der Waals surface area contributed by atoms with Gasteiger partial charge in [-0.05, 0) is 37.8 Å². The molecule has 0 radical (unpaired) electrons. The van der Waals surface area contributed by atoms with Crippen molar-refractivity contribution in [3.05, 3.63) is 68.3 Å². The van der Waals surface area contributed by atoms with Crippen molar-refractivity contribution in [1.29, 1.82) is 0 Å². The average molecular weight is 357 g/mol. The van der Waals surface area contributed by atoms with Crippen LogP contribution in [0.1, 0.15) is 31.2 Å². The largest absolute Gasteiger partial charge is 0.490 e. The van der Waals surface area contributed by atoms with E-state index in [4.69, 9.17) is 4.74 Å². The number of nitrogens with one attached hydrogen (secondary N) is 1. The Kier molecular flexibility index (Phi) is 5.31. The highest BCUT2D eigenvalue weighted by atomic mass is 16.6. The Balaban J connectivity index is 1.76. The fourth-order valence-corrected chi connectivity index (χ4v) is 3.08. The number of ether oxygens (including phenoxy) is 1. The van der Waals surface area contributed by atoms with Gasteiger partial charge in [0, 0.05) is 18.2 Å². The first-order chi connectivity index (χ1) is 12.5. The third-order valence-corrected chi connectivity index (χ3v) is 4.43. The molecule has 8 heteroatoms. The third kappa shape index (κ3) is 4.08. The summed E-state index contributed by atoms with van der Waals surface area (Å²) in [5, 5.41) is 25.0. The number of hydrogen-bond acceptors (Lipinski definition) is 6. The molecule has 1 fully saturated rings. The SMILES string of the molecule is O=[N+]([O-])c1ccc(NCc2ccccc2OC2CCCC2)c([N+](=O)[O-])c1. The summed E-state index contributed by atoms with van der Waals surface area (Å²) in [6.45, 7) is 0.321. The molecule has 2 aromatic rings. The minimum atomic E-state index is -0.651. The van der Waals surface area contributed by atoms with Gasteiger partial charge in [0.2, 0.25) is 0 Å². The van der Waals surface area contributed by atoms with Gasteiger partial charge in [-0.3, -0.25) is 20.2 Å². The zero-order valence-electron chi connectivity index (χ0n) is 14.1. The Morgan fingerprint density at radius 2 is 1.77 bits per heavy atom. The van der Waals surface area contributed by atoms with Crippen molar-refractivity contribution in [2.75, 3.05) is 5.32 Å². The molecule has 1 saturated carbocycles. The van der Waals surface area contributed by atoms with Crippen LogP contribution in [-0.2, 0) is 6.54 Å². The van der Waals surface area contributed by atoms with Crippen molar-refractivity contribution in [1.82, 2.24) is 0 Å². The highest BCUT2D eigenvalue weighted by molar-refractivity contribution is 5.65. The van der Waals surface area contributed by atoms with Gasteiger partial charge in [0.1, 0.15) is 11.4 Å². The predicted octanol–water partition coefficient (Wildman–Crippen LogP) is 4.44. The number of nitrogens with zero attached hydrogens (tertiary/aromatic N) is 2. The summed E-state index contributed by atoms with van der Waals surface area (Å²) in [6, 6.07) is 11.1. The van der Waals surface area contributed by atoms with E-state index in [1.165, 1.54) is 25.0 Å². The van der Waals surface area contributed by atoms with Gasteiger partial charge in [0.05, 0.1) is 22.0 Å². The van der Waals surface area contributed by atoms with E-state index in [0.29, 0.717) is 6.54 Å². The van der Waals surface area contributed by atoms with E-state index in [1.54, 1.807) is 0 Å². The minimum absolute atomic E-state index is 0.213. The van der Waals surface area contributed by atoms with Crippen molar-refractivity contribution >= 4 is 17.1 Å². The lowest BCUT2D eigenvalue weighted by atomic mass is 10.1. The second kappa shape index (κ2) is 7.81. The maximum atomic E-state index is 11.2. The van der Waals surface area contributed by atoms with Gasteiger partial charge in [-0.15, -0.1) is 0 Å². The second-order valence-electron chi connectivity index (χ2n) is 6.20. The number of nitro groups is 2. The lowest BCUT2D eigenvalue weighted by molar-refractivity contribution is -0.393. The van der Waals surface area contributed by atoms with Gasteiger partial charge in [0.15, 0.2) is 0 Å². The van der Waals surface area contributed by atoms with Crippen LogP contribution in [0.2, 0.25) is 0 Å². The Bertz CT molecular complexity index is 818. The Morgan fingerprint density at radius 3 is 2.46 bits per heavy atom. The number of anilines is 1. The van der Waals surface area contributed by atoms with Crippen LogP contribution < -0.4 is 10.1 Å². The lowest BCUT2D eigenvalue weighted by Crippen LogP contribution is -2.13. The number of para-hydroxylation sites is 1. The average Bonchev–Trinajstić information content (AvgIpc) is 3.13. The summed E-state index contributed by atoms with van der Waals surface area (Å²) < 4.78 is 6.06. The second-order valence-corrected chi connectivity index (χ2v) is 6.20. The van der Waals surface area contributed by atoms with Crippen LogP contribution in [0.15, 0.2) is 42.5 Å². The molecule has 8 nitrogen and oxygen atoms in total. The molecule has 1 aliphatic rings. The van der Waals surface area contributed by atoms with Gasteiger partial charge < -0.3 is 10.1 Å². The normalized spacial score (nSPS) is 14.2. The van der Waals surface area contributed by atoms with Gasteiger partial charge in [0.25, 0.3) is 11.4 Å². The van der Waals surface area contributed by atoms with E-state index in [1.807, 2.05) is 24.3 Å². The topological polar surface area (TPSA) is 108 Å². The summed E-state index contributed by atoms with van der Waals surface area (Å²) in [5.41, 5.74) is 0.476. The van der Waals surface area contributed by atoms with Crippen molar-refractivity contribution in [3.63, 3.8) is 0 Å². The first-order valence-electron chi connectivity index (χ1n) is 8.46. The number of benzene rings is 2. The summed E-state index contributed by atoms with van der Waals surface area (Å²) >= 11 is 0. The van der Waals surface area contributed by atoms with Crippen molar-refractivity contribution in [2.45, 2.75) is 38.3 Å². The number of hydrogen-bond donors (Lipinski definition) is 1. The molecule has 1 N–H and O–H groups in total. The van der Waals surface area contributed by atoms with E-state index in [9.17, 15) is 20.2 Å². The highest BCUT2D eigenvalue weighted by Crippen LogP contribution is 2.31. The van der Waals surface area contributed by atoms with Gasteiger partial charge >= 0.3 is 0 Å². The van der Waals surface area contributed by atoms with Gasteiger partial charge in [-0.1, -0.05) is 18.2 Å². The first-order valence-corrected chi connectivity index (χ1v) is 8.46. The molecule has 0 bridgehead atoms.